The molecule has 2 aliphatic heterocycles. The van der Waals surface area contributed by atoms with Crippen LogP contribution in [0.4, 0.5) is 0 Å². The Morgan fingerprint density at radius 1 is 1.08 bits per heavy atom. The zero-order valence-corrected chi connectivity index (χ0v) is 7.83. The van der Waals surface area contributed by atoms with E-state index in [0.29, 0.717) is 11.9 Å². The summed E-state index contributed by atoms with van der Waals surface area (Å²) < 4.78 is 10.9. The monoisotopic (exact) mass is 198 g/mol. The van der Waals surface area contributed by atoms with E-state index in [0.717, 1.165) is 11.5 Å². The Hall–Kier alpha value is -0.480. The van der Waals surface area contributed by atoms with Crippen molar-refractivity contribution < 1.29 is 9.47 Å². The largest absolute Gasteiger partial charge is 0.479 e. The summed E-state index contributed by atoms with van der Waals surface area (Å²) in [4.78, 5) is 2.59. The third kappa shape index (κ3) is 0.850. The van der Waals surface area contributed by atoms with Crippen LogP contribution in [0, 0.1) is 0 Å². The van der Waals surface area contributed by atoms with Gasteiger partial charge in [-0.25, -0.2) is 0 Å². The Balaban J connectivity index is 2.29. The number of ether oxygens (including phenoxy) is 2. The molecule has 4 heteroatoms. The lowest BCUT2D eigenvalue weighted by molar-refractivity contribution is 0.314. The standard InChI is InChI=1S/C8H6O2S2/c1-2-6-8-7(10-4-11-6)5(1)9-3-12-8/h1-2H,3-4H2. The molecule has 3 rings (SSSR count). The van der Waals surface area contributed by atoms with Crippen LogP contribution < -0.4 is 9.47 Å². The second-order valence-electron chi connectivity index (χ2n) is 2.53. The Morgan fingerprint density at radius 2 is 2.00 bits per heavy atom. The lowest BCUT2D eigenvalue weighted by Gasteiger charge is -2.25. The summed E-state index contributed by atoms with van der Waals surface area (Å²) in [7, 11) is 0. The van der Waals surface area contributed by atoms with Crippen molar-refractivity contribution >= 4 is 23.5 Å². The van der Waals surface area contributed by atoms with Crippen molar-refractivity contribution in [3.63, 3.8) is 0 Å². The zero-order chi connectivity index (χ0) is 7.97. The highest BCUT2D eigenvalue weighted by Crippen LogP contribution is 2.50. The summed E-state index contributed by atoms with van der Waals surface area (Å²) in [5.74, 6) is 3.27. The molecule has 2 aliphatic rings. The second-order valence-corrected chi connectivity index (χ2v) is 4.43. The van der Waals surface area contributed by atoms with E-state index in [-0.39, 0.29) is 0 Å². The van der Waals surface area contributed by atoms with Gasteiger partial charge in [-0.15, -0.1) is 0 Å². The number of hydrogen-bond donors (Lipinski definition) is 0. The van der Waals surface area contributed by atoms with Gasteiger partial charge in [0, 0.05) is 4.90 Å². The summed E-state index contributed by atoms with van der Waals surface area (Å²) in [5.41, 5.74) is 0. The van der Waals surface area contributed by atoms with Crippen LogP contribution in [0.5, 0.6) is 11.5 Å². The predicted molar refractivity (Wildman–Crippen MR) is 49.1 cm³/mol. The molecule has 2 nitrogen and oxygen atoms in total. The molecule has 0 saturated carbocycles. The van der Waals surface area contributed by atoms with Crippen molar-refractivity contribution in [1.82, 2.24) is 0 Å². The Kier molecular flexibility index (Phi) is 1.45. The highest BCUT2D eigenvalue weighted by atomic mass is 32.2. The first-order valence-electron chi connectivity index (χ1n) is 3.63. The van der Waals surface area contributed by atoms with Crippen LogP contribution in [0.15, 0.2) is 21.9 Å². The number of hydrogen-bond acceptors (Lipinski definition) is 4. The van der Waals surface area contributed by atoms with Crippen LogP contribution in [0.1, 0.15) is 0 Å². The molecular weight excluding hydrogens is 192 g/mol. The molecule has 0 N–H and O–H groups in total. The first kappa shape index (κ1) is 6.97. The summed E-state index contributed by atoms with van der Waals surface area (Å²) in [6.45, 7) is 0. The van der Waals surface area contributed by atoms with Gasteiger partial charge in [0.2, 0.25) is 0 Å². The van der Waals surface area contributed by atoms with E-state index in [1.165, 1.54) is 9.79 Å². The van der Waals surface area contributed by atoms with Gasteiger partial charge in [0.1, 0.15) is 11.9 Å². The van der Waals surface area contributed by atoms with Gasteiger partial charge in [-0.1, -0.05) is 23.5 Å². The maximum Gasteiger partial charge on any atom is 0.177 e. The van der Waals surface area contributed by atoms with Crippen LogP contribution in [0.2, 0.25) is 0 Å². The van der Waals surface area contributed by atoms with Crippen molar-refractivity contribution in [2.24, 2.45) is 0 Å². The van der Waals surface area contributed by atoms with Gasteiger partial charge in [-0.3, -0.25) is 0 Å². The smallest absolute Gasteiger partial charge is 0.177 e. The van der Waals surface area contributed by atoms with Crippen LogP contribution >= 0.6 is 23.5 Å². The molecule has 1 aromatic carbocycles. The molecule has 1 aromatic rings. The molecule has 0 saturated heterocycles. The SMILES string of the molecule is c1cc2c3c(c1OCS3)OCS2. The summed E-state index contributed by atoms with van der Waals surface area (Å²) in [6.07, 6.45) is 0. The van der Waals surface area contributed by atoms with Crippen molar-refractivity contribution in [3.8, 4) is 11.5 Å². The van der Waals surface area contributed by atoms with Gasteiger partial charge in [-0.2, -0.15) is 0 Å². The van der Waals surface area contributed by atoms with Gasteiger partial charge in [0.25, 0.3) is 0 Å². The molecule has 12 heavy (non-hydrogen) atoms. The average Bonchev–Trinajstić information content (AvgIpc) is 2.07. The molecule has 0 aliphatic carbocycles. The third-order valence-electron chi connectivity index (χ3n) is 1.88. The van der Waals surface area contributed by atoms with E-state index in [2.05, 4.69) is 6.07 Å². The van der Waals surface area contributed by atoms with Gasteiger partial charge in [-0.05, 0) is 12.1 Å². The minimum Gasteiger partial charge on any atom is -0.479 e. The molecule has 0 radical (unpaired) electrons. The van der Waals surface area contributed by atoms with Gasteiger partial charge >= 0.3 is 0 Å². The Morgan fingerprint density at radius 3 is 2.92 bits per heavy atom. The van der Waals surface area contributed by atoms with Crippen LogP contribution in [-0.4, -0.2) is 11.9 Å². The highest BCUT2D eigenvalue weighted by molar-refractivity contribution is 8.02. The first-order valence-corrected chi connectivity index (χ1v) is 5.60. The molecule has 4 bridgehead atoms. The molecule has 0 atom stereocenters. The Bertz CT molecular complexity index is 305. The quantitative estimate of drug-likeness (QED) is 0.637. The fraction of sp³-hybridized carbons (Fsp3) is 0.250. The van der Waals surface area contributed by atoms with E-state index < -0.39 is 0 Å². The highest BCUT2D eigenvalue weighted by Gasteiger charge is 2.24. The molecule has 0 unspecified atom stereocenters. The van der Waals surface area contributed by atoms with E-state index in [4.69, 9.17) is 9.47 Å². The molecule has 0 amide bonds. The first-order chi connectivity index (χ1) is 5.95. The maximum absolute atomic E-state index is 5.50. The maximum atomic E-state index is 5.50. The van der Waals surface area contributed by atoms with Crippen molar-refractivity contribution in [3.05, 3.63) is 12.1 Å². The molecule has 0 spiro atoms. The van der Waals surface area contributed by atoms with Crippen molar-refractivity contribution in [2.45, 2.75) is 9.79 Å². The van der Waals surface area contributed by atoms with Crippen molar-refractivity contribution in [1.29, 1.82) is 0 Å². The van der Waals surface area contributed by atoms with Gasteiger partial charge < -0.3 is 9.47 Å². The lowest BCUT2D eigenvalue weighted by atomic mass is 10.3. The number of benzene rings is 1. The molecular formula is C8H6O2S2. The van der Waals surface area contributed by atoms with Crippen LogP contribution in [0.3, 0.4) is 0 Å². The van der Waals surface area contributed by atoms with Crippen molar-refractivity contribution in [2.75, 3.05) is 11.9 Å². The zero-order valence-electron chi connectivity index (χ0n) is 6.20. The predicted octanol–water partition coefficient (Wildman–Crippen LogP) is 2.57. The fourth-order valence-electron chi connectivity index (χ4n) is 1.33. The van der Waals surface area contributed by atoms with E-state index in [9.17, 15) is 0 Å². The fourth-order valence-corrected chi connectivity index (χ4v) is 3.18. The summed E-state index contributed by atoms with van der Waals surface area (Å²) >= 11 is 3.46. The average molecular weight is 198 g/mol. The number of rotatable bonds is 0. The van der Waals surface area contributed by atoms with E-state index in [1.54, 1.807) is 23.5 Å². The van der Waals surface area contributed by atoms with Gasteiger partial charge in [0.15, 0.2) is 11.5 Å². The summed E-state index contributed by atoms with van der Waals surface area (Å²) in [5, 5.41) is 0. The third-order valence-corrected chi connectivity index (χ3v) is 3.82. The Labute approximate surface area is 78.6 Å². The normalized spacial score (nSPS) is 18.0. The molecule has 0 fully saturated rings. The molecule has 2 heterocycles. The van der Waals surface area contributed by atoms with E-state index >= 15 is 0 Å². The van der Waals surface area contributed by atoms with E-state index in [1.807, 2.05) is 6.07 Å². The number of thioether (sulfide) groups is 2. The van der Waals surface area contributed by atoms with Crippen LogP contribution in [0.25, 0.3) is 0 Å². The lowest BCUT2D eigenvalue weighted by Crippen LogP contribution is -2.09. The topological polar surface area (TPSA) is 18.5 Å². The minimum absolute atomic E-state index is 0.714. The van der Waals surface area contributed by atoms with Crippen LogP contribution in [-0.2, 0) is 0 Å². The summed E-state index contributed by atoms with van der Waals surface area (Å²) in [6, 6.07) is 4.09. The molecule has 0 aromatic heterocycles. The minimum atomic E-state index is 0.714. The molecule has 62 valence electrons. The second kappa shape index (κ2) is 2.50. The van der Waals surface area contributed by atoms with Gasteiger partial charge in [0.05, 0.1) is 4.90 Å².